The first-order chi connectivity index (χ1) is 46.2. The van der Waals surface area contributed by atoms with Crippen molar-refractivity contribution in [1.82, 2.24) is 58.1 Å². The monoisotopic (exact) mass is 1510 g/mol. The number of aromatic amines is 2. The van der Waals surface area contributed by atoms with Crippen LogP contribution in [-0.2, 0) is 37.9 Å². The Morgan fingerprint density at radius 2 is 0.888 bits per heavy atom. The minimum atomic E-state index is -0.441. The lowest BCUT2D eigenvalue weighted by Gasteiger charge is -2.19. The third-order valence-electron chi connectivity index (χ3n) is 15.1. The van der Waals surface area contributed by atoms with E-state index >= 15 is 0 Å². The second-order valence-electron chi connectivity index (χ2n) is 27.7. The average Bonchev–Trinajstić information content (AvgIpc) is 1.67. The Balaban J connectivity index is 0.000000184. The highest BCUT2D eigenvalue weighted by atomic mass is 33.1. The second kappa shape index (κ2) is 37.3. The molecule has 0 spiro atoms. The molecule has 548 valence electrons. The third-order valence-corrected chi connectivity index (χ3v) is 27.0. The molecule has 0 amide bonds. The predicted octanol–water partition coefficient (Wildman–Crippen LogP) is 13.4. The standard InChI is InChI=1S/C17H26N4O3S2.C16H25N5O2S2.C16H26N2O4S2.C15H25N3O3S2/c1-6-11-12(23-9-25-26-17(3,4)5)7-13(24-11)21-8-18-14-15(21)19-10(2)20-16(14)22;1-5-10-11(22-9-24-25-16(2,3)4)6-12(23-10)21-8-20-13-14(17)18-7-19-15(13)21;1-6-11-12(21-9-23-24-16(3,4)5)7-13(22-11)18-8-10(2)14(19)17-15(18)20;1-5-10-11(20-9-22-23-15(2,3)4)8-13(21-10)18-7-6-12(16)17-14(18)19/h8,11-13H,6-7,9H2,1-5H3,(H,19,20,22);7-8,10-12H,5-6,9H2,1-4H3,(H2,17,18,19);8,11-13H,6-7,9H2,1-5H3,(H,17,19,20);6-7,10-11,13H,5,8-9H2,1-4H3,(H2,16,17,19)/t11-,12?,13-;10-,11?,12-;11-,12?,13-;10-,11?,13-/m1111/s1. The number of nitrogens with one attached hydrogen (secondary N) is 2. The molecular weight excluding hydrogens is 1410 g/mol. The van der Waals surface area contributed by atoms with E-state index in [1.165, 1.54) is 15.5 Å². The van der Waals surface area contributed by atoms with Gasteiger partial charge in [0.05, 0.1) is 61.5 Å². The zero-order valence-electron chi connectivity index (χ0n) is 59.7. The first-order valence-corrected chi connectivity index (χ1v) is 42.3. The van der Waals surface area contributed by atoms with Crippen LogP contribution in [0.5, 0.6) is 0 Å². The average molecular weight is 1520 g/mol. The molecule has 4 aliphatic rings. The van der Waals surface area contributed by atoms with Crippen molar-refractivity contribution in [1.29, 1.82) is 0 Å². The Labute approximate surface area is 606 Å². The molecule has 0 radical (unpaired) electrons. The van der Waals surface area contributed by atoms with Crippen molar-refractivity contribution < 1.29 is 37.9 Å². The van der Waals surface area contributed by atoms with E-state index in [-0.39, 0.29) is 109 Å². The Morgan fingerprint density at radius 1 is 0.500 bits per heavy atom. The number of H-pyrrole nitrogens is 2. The lowest BCUT2D eigenvalue weighted by atomic mass is 10.1. The van der Waals surface area contributed by atoms with Crippen LogP contribution in [0.25, 0.3) is 22.3 Å². The van der Waals surface area contributed by atoms with Gasteiger partial charge in [0, 0.05) is 62.6 Å². The third kappa shape index (κ3) is 24.6. The molecular formula is C64H102N14O12S8. The van der Waals surface area contributed by atoms with Gasteiger partial charge >= 0.3 is 11.4 Å². The summed E-state index contributed by atoms with van der Waals surface area (Å²) in [6, 6.07) is 1.61. The fraction of sp³-hybridized carbons (Fsp3) is 0.719. The van der Waals surface area contributed by atoms with E-state index in [0.29, 0.717) is 76.1 Å². The van der Waals surface area contributed by atoms with Crippen LogP contribution in [0.1, 0.15) is 198 Å². The van der Waals surface area contributed by atoms with Gasteiger partial charge in [0.25, 0.3) is 11.1 Å². The molecule has 0 aliphatic carbocycles. The topological polar surface area (TPSA) is 323 Å². The maximum atomic E-state index is 12.0. The summed E-state index contributed by atoms with van der Waals surface area (Å²) in [7, 11) is 14.1. The molecule has 4 aliphatic heterocycles. The van der Waals surface area contributed by atoms with Crippen LogP contribution in [0.15, 0.2) is 56.6 Å². The van der Waals surface area contributed by atoms with Gasteiger partial charge in [-0.25, -0.2) is 34.5 Å². The van der Waals surface area contributed by atoms with Gasteiger partial charge in [-0.3, -0.25) is 32.8 Å². The number of aryl methyl sites for hydroxylation is 2. The quantitative estimate of drug-likeness (QED) is 0.0248. The van der Waals surface area contributed by atoms with E-state index in [2.05, 4.69) is 144 Å². The molecule has 4 unspecified atom stereocenters. The largest absolute Gasteiger partial charge is 0.383 e. The van der Waals surface area contributed by atoms with Crippen LogP contribution < -0.4 is 34.0 Å². The molecule has 10 rings (SSSR count). The minimum absolute atomic E-state index is 0.00955. The number of nitrogens with zero attached hydrogens (tertiary/aromatic N) is 10. The number of ether oxygens (including phenoxy) is 8. The van der Waals surface area contributed by atoms with Crippen molar-refractivity contribution in [3.63, 3.8) is 0 Å². The number of rotatable bonds is 24. The Hall–Kier alpha value is -3.46. The Bertz CT molecular complexity index is 3720. The number of anilines is 2. The molecule has 4 fully saturated rings. The van der Waals surface area contributed by atoms with Gasteiger partial charge in [0.2, 0.25) is 0 Å². The number of nitrogen functional groups attached to an aromatic ring is 2. The Kier molecular flexibility index (Phi) is 31.1. The highest BCUT2D eigenvalue weighted by Gasteiger charge is 2.41. The zero-order valence-corrected chi connectivity index (χ0v) is 66.2. The SMILES string of the molecule is CC[C@H]1O[C@@H](n2cc(C)c(=O)[nH]c2=O)CC1OCSSC(C)(C)C.CC[C@H]1O[C@@H](n2ccc(N)nc2=O)CC1OCSSC(C)(C)C.CC[C@H]1O[C@@H](n2cnc3c(=O)[nH]c(C)nc32)CC1OCSSC(C)(C)C.CC[C@H]1O[C@@H](n2cnc3c(N)ncnc32)CC1OCSSC(C)(C)C. The molecule has 4 saturated heterocycles. The summed E-state index contributed by atoms with van der Waals surface area (Å²) in [6.45, 7) is 37.9. The fourth-order valence-electron chi connectivity index (χ4n) is 10.7. The smallest absolute Gasteiger partial charge is 0.351 e. The van der Waals surface area contributed by atoms with E-state index in [9.17, 15) is 19.2 Å². The fourth-order valence-corrected chi connectivity index (χ4v) is 18.7. The molecule has 12 atom stereocenters. The highest BCUT2D eigenvalue weighted by Crippen LogP contribution is 2.42. The minimum Gasteiger partial charge on any atom is -0.383 e. The van der Waals surface area contributed by atoms with Crippen molar-refractivity contribution in [2.75, 3.05) is 35.2 Å². The van der Waals surface area contributed by atoms with E-state index < -0.39 is 11.9 Å². The van der Waals surface area contributed by atoms with Gasteiger partial charge in [0.1, 0.15) is 72.2 Å². The van der Waals surface area contributed by atoms with E-state index in [0.717, 1.165) is 38.5 Å². The Morgan fingerprint density at radius 3 is 1.29 bits per heavy atom. The first-order valence-electron chi connectivity index (χ1n) is 33.0. The first kappa shape index (κ1) is 81.8. The molecule has 0 aromatic carbocycles. The molecule has 0 bridgehead atoms. The number of aromatic nitrogens is 12. The summed E-state index contributed by atoms with van der Waals surface area (Å²) >= 11 is 0. The summed E-state index contributed by atoms with van der Waals surface area (Å²) in [6.07, 6.45) is 13.2. The summed E-state index contributed by atoms with van der Waals surface area (Å²) in [5.74, 6) is 3.64. The number of imidazole rings is 2. The van der Waals surface area contributed by atoms with Gasteiger partial charge in [-0.2, -0.15) is 4.98 Å². The summed E-state index contributed by atoms with van der Waals surface area (Å²) in [5, 5.41) is 0. The van der Waals surface area contributed by atoms with Crippen molar-refractivity contribution in [3.8, 4) is 0 Å². The number of hydrogen-bond donors (Lipinski definition) is 4. The molecule has 0 saturated carbocycles. The molecule has 98 heavy (non-hydrogen) atoms. The zero-order chi connectivity index (χ0) is 71.9. The van der Waals surface area contributed by atoms with Crippen LogP contribution >= 0.6 is 86.4 Å². The molecule has 34 heteroatoms. The van der Waals surface area contributed by atoms with Crippen LogP contribution in [0.4, 0.5) is 11.6 Å². The molecule has 6 aromatic heterocycles. The van der Waals surface area contributed by atoms with E-state index in [4.69, 9.17) is 49.4 Å². The van der Waals surface area contributed by atoms with Crippen LogP contribution in [0.2, 0.25) is 0 Å². The lowest BCUT2D eigenvalue weighted by Crippen LogP contribution is -2.33. The molecule has 26 nitrogen and oxygen atoms in total. The van der Waals surface area contributed by atoms with E-state index in [1.807, 2.05) is 37.6 Å². The van der Waals surface area contributed by atoms with Crippen LogP contribution in [-0.4, -0.2) is 150 Å². The number of hydrogen-bond acceptors (Lipinski definition) is 28. The van der Waals surface area contributed by atoms with Gasteiger partial charge in [-0.15, -0.1) is 0 Å². The van der Waals surface area contributed by atoms with Gasteiger partial charge in [-0.1, -0.05) is 197 Å². The second-order valence-corrected chi connectivity index (χ2v) is 40.0. The number of nitrogens with two attached hydrogens (primary N) is 2. The maximum absolute atomic E-state index is 12.0. The molecule has 6 N–H and O–H groups in total. The summed E-state index contributed by atoms with van der Waals surface area (Å²) in [4.78, 5) is 77.5. The van der Waals surface area contributed by atoms with Gasteiger partial charge in [0.15, 0.2) is 22.6 Å². The van der Waals surface area contributed by atoms with Crippen molar-refractivity contribution in [2.24, 2.45) is 0 Å². The van der Waals surface area contributed by atoms with Gasteiger partial charge < -0.3 is 54.3 Å². The van der Waals surface area contributed by atoms with Crippen LogP contribution in [0.3, 0.4) is 0 Å². The summed E-state index contributed by atoms with van der Waals surface area (Å²) < 4.78 is 56.0. The van der Waals surface area contributed by atoms with Crippen molar-refractivity contribution in [3.05, 3.63) is 90.5 Å². The normalized spacial score (nSPS) is 24.3. The van der Waals surface area contributed by atoms with Crippen molar-refractivity contribution in [2.45, 2.75) is 269 Å². The lowest BCUT2D eigenvalue weighted by molar-refractivity contribution is -0.0324. The van der Waals surface area contributed by atoms with E-state index in [1.54, 1.807) is 110 Å². The van der Waals surface area contributed by atoms with Gasteiger partial charge in [-0.05, 0) is 45.6 Å². The van der Waals surface area contributed by atoms with Crippen LogP contribution in [0, 0.1) is 13.8 Å². The molecule has 10 heterocycles. The highest BCUT2D eigenvalue weighted by molar-refractivity contribution is 8.78. The number of fused-ring (bicyclic) bond motifs is 2. The maximum Gasteiger partial charge on any atom is 0.351 e. The molecule has 6 aromatic rings. The predicted molar refractivity (Wildman–Crippen MR) is 406 cm³/mol. The van der Waals surface area contributed by atoms with Crippen molar-refractivity contribution >= 4 is 120 Å². The summed E-state index contributed by atoms with van der Waals surface area (Å²) in [5.41, 5.74) is 12.7.